The predicted molar refractivity (Wildman–Crippen MR) is 76.8 cm³/mol. The molecule has 2 aromatic rings. The van der Waals surface area contributed by atoms with Crippen LogP contribution in [0.1, 0.15) is 16.7 Å². The summed E-state index contributed by atoms with van der Waals surface area (Å²) in [5.74, 6) is 0.487. The SMILES string of the molecule is COc1cccc(C(F)(CCl)c2cccc(C)c2)c1. The molecule has 0 heterocycles. The Balaban J connectivity index is 2.52. The topological polar surface area (TPSA) is 9.23 Å². The smallest absolute Gasteiger partial charge is 0.174 e. The monoisotopic (exact) mass is 278 g/mol. The van der Waals surface area contributed by atoms with Crippen LogP contribution in [0.25, 0.3) is 0 Å². The molecule has 19 heavy (non-hydrogen) atoms. The van der Waals surface area contributed by atoms with Gasteiger partial charge in [0.1, 0.15) is 5.75 Å². The summed E-state index contributed by atoms with van der Waals surface area (Å²) >= 11 is 5.91. The van der Waals surface area contributed by atoms with Crippen molar-refractivity contribution in [3.8, 4) is 5.75 Å². The van der Waals surface area contributed by atoms with Gasteiger partial charge in [-0.3, -0.25) is 0 Å². The minimum Gasteiger partial charge on any atom is -0.497 e. The maximum absolute atomic E-state index is 15.3. The average molecular weight is 279 g/mol. The fourth-order valence-electron chi connectivity index (χ4n) is 2.08. The van der Waals surface area contributed by atoms with Gasteiger partial charge in [0.15, 0.2) is 5.67 Å². The predicted octanol–water partition coefficient (Wildman–Crippen LogP) is 4.46. The van der Waals surface area contributed by atoms with Gasteiger partial charge in [-0.05, 0) is 30.2 Å². The van der Waals surface area contributed by atoms with Crippen molar-refractivity contribution in [1.82, 2.24) is 0 Å². The molecule has 0 fully saturated rings. The third-order valence-corrected chi connectivity index (χ3v) is 3.56. The lowest BCUT2D eigenvalue weighted by Crippen LogP contribution is -2.24. The molecule has 1 unspecified atom stereocenters. The Morgan fingerprint density at radius 1 is 1.11 bits per heavy atom. The average Bonchev–Trinajstić information content (AvgIpc) is 2.46. The van der Waals surface area contributed by atoms with Crippen LogP contribution in [-0.4, -0.2) is 13.0 Å². The second kappa shape index (κ2) is 5.62. The van der Waals surface area contributed by atoms with E-state index in [-0.39, 0.29) is 5.88 Å². The summed E-state index contributed by atoms with van der Waals surface area (Å²) in [4.78, 5) is 0. The summed E-state index contributed by atoms with van der Waals surface area (Å²) in [6.07, 6.45) is 0. The molecular weight excluding hydrogens is 263 g/mol. The van der Waals surface area contributed by atoms with Crippen molar-refractivity contribution in [2.24, 2.45) is 0 Å². The van der Waals surface area contributed by atoms with E-state index in [0.717, 1.165) is 5.56 Å². The number of halogens is 2. The van der Waals surface area contributed by atoms with Crippen molar-refractivity contribution in [1.29, 1.82) is 0 Å². The summed E-state index contributed by atoms with van der Waals surface area (Å²) in [6.45, 7) is 1.93. The highest BCUT2D eigenvalue weighted by atomic mass is 35.5. The highest BCUT2D eigenvalue weighted by Crippen LogP contribution is 2.36. The highest BCUT2D eigenvalue weighted by molar-refractivity contribution is 6.18. The van der Waals surface area contributed by atoms with Crippen LogP contribution in [0.2, 0.25) is 0 Å². The highest BCUT2D eigenvalue weighted by Gasteiger charge is 2.33. The minimum absolute atomic E-state index is 0.135. The molecule has 0 bridgehead atoms. The standard InChI is InChI=1S/C16H16ClFO/c1-12-5-3-6-13(9-12)16(18,11-17)14-7-4-8-15(10-14)19-2/h3-10H,11H2,1-2H3. The Bertz CT molecular complexity index is 570. The summed E-state index contributed by atoms with van der Waals surface area (Å²) in [6, 6.07) is 14.3. The Hall–Kier alpha value is -1.54. The number of ether oxygens (including phenoxy) is 1. The van der Waals surface area contributed by atoms with Gasteiger partial charge >= 0.3 is 0 Å². The van der Waals surface area contributed by atoms with E-state index in [1.165, 1.54) is 0 Å². The molecule has 0 radical (unpaired) electrons. The van der Waals surface area contributed by atoms with Crippen LogP contribution in [0, 0.1) is 6.92 Å². The first-order valence-electron chi connectivity index (χ1n) is 6.06. The van der Waals surface area contributed by atoms with E-state index in [9.17, 15) is 0 Å². The zero-order valence-electron chi connectivity index (χ0n) is 11.0. The van der Waals surface area contributed by atoms with Crippen molar-refractivity contribution in [2.75, 3.05) is 13.0 Å². The first kappa shape index (κ1) is 13.9. The Labute approximate surface area is 118 Å². The minimum atomic E-state index is -1.71. The van der Waals surface area contributed by atoms with E-state index >= 15 is 4.39 Å². The van der Waals surface area contributed by atoms with Gasteiger partial charge in [0.2, 0.25) is 0 Å². The van der Waals surface area contributed by atoms with E-state index in [1.54, 1.807) is 37.4 Å². The second-order valence-electron chi connectivity index (χ2n) is 4.54. The van der Waals surface area contributed by atoms with Gasteiger partial charge in [0.25, 0.3) is 0 Å². The molecule has 0 aliphatic rings. The molecule has 0 saturated heterocycles. The largest absolute Gasteiger partial charge is 0.497 e. The molecule has 0 aromatic heterocycles. The van der Waals surface area contributed by atoms with Gasteiger partial charge < -0.3 is 4.74 Å². The molecule has 0 aliphatic heterocycles. The van der Waals surface area contributed by atoms with Crippen molar-refractivity contribution in [3.63, 3.8) is 0 Å². The first-order chi connectivity index (χ1) is 9.10. The maximum atomic E-state index is 15.3. The number of methoxy groups -OCH3 is 1. The molecule has 0 spiro atoms. The van der Waals surface area contributed by atoms with Crippen LogP contribution >= 0.6 is 11.6 Å². The third kappa shape index (κ3) is 2.74. The lowest BCUT2D eigenvalue weighted by molar-refractivity contribution is 0.255. The molecule has 0 N–H and O–H groups in total. The van der Waals surface area contributed by atoms with Gasteiger partial charge in [0, 0.05) is 0 Å². The molecular formula is C16H16ClFO. The number of rotatable bonds is 4. The zero-order chi connectivity index (χ0) is 13.9. The quantitative estimate of drug-likeness (QED) is 0.751. The molecule has 1 atom stereocenters. The second-order valence-corrected chi connectivity index (χ2v) is 4.80. The van der Waals surface area contributed by atoms with Gasteiger partial charge in [0.05, 0.1) is 13.0 Å². The molecule has 0 amide bonds. The summed E-state index contributed by atoms with van der Waals surface area (Å²) < 4.78 is 20.4. The number of alkyl halides is 2. The van der Waals surface area contributed by atoms with Crippen molar-refractivity contribution in [2.45, 2.75) is 12.6 Å². The lowest BCUT2D eigenvalue weighted by atomic mass is 9.89. The third-order valence-electron chi connectivity index (χ3n) is 3.19. The van der Waals surface area contributed by atoms with E-state index in [0.29, 0.717) is 16.9 Å². The van der Waals surface area contributed by atoms with E-state index in [4.69, 9.17) is 16.3 Å². The normalized spacial score (nSPS) is 13.9. The number of aryl methyl sites for hydroxylation is 1. The maximum Gasteiger partial charge on any atom is 0.174 e. The zero-order valence-corrected chi connectivity index (χ0v) is 11.7. The lowest BCUT2D eigenvalue weighted by Gasteiger charge is -2.24. The van der Waals surface area contributed by atoms with Crippen molar-refractivity contribution >= 4 is 11.6 Å². The van der Waals surface area contributed by atoms with Crippen molar-refractivity contribution < 1.29 is 9.13 Å². The van der Waals surface area contributed by atoms with Gasteiger partial charge in [-0.2, -0.15) is 0 Å². The molecule has 0 saturated carbocycles. The molecule has 2 rings (SSSR count). The van der Waals surface area contributed by atoms with E-state index in [1.807, 2.05) is 25.1 Å². The fraction of sp³-hybridized carbons (Fsp3) is 0.250. The van der Waals surface area contributed by atoms with Gasteiger partial charge in [-0.1, -0.05) is 42.0 Å². The fourth-order valence-corrected chi connectivity index (χ4v) is 2.39. The van der Waals surface area contributed by atoms with Crippen LogP contribution in [0.4, 0.5) is 4.39 Å². The van der Waals surface area contributed by atoms with Crippen LogP contribution < -0.4 is 4.74 Å². The molecule has 1 nitrogen and oxygen atoms in total. The van der Waals surface area contributed by atoms with E-state index < -0.39 is 5.67 Å². The number of hydrogen-bond acceptors (Lipinski definition) is 1. The summed E-state index contributed by atoms with van der Waals surface area (Å²) in [5, 5.41) is 0. The Morgan fingerprint density at radius 3 is 2.32 bits per heavy atom. The Morgan fingerprint density at radius 2 is 1.74 bits per heavy atom. The van der Waals surface area contributed by atoms with Crippen LogP contribution in [0.5, 0.6) is 5.75 Å². The number of hydrogen-bond donors (Lipinski definition) is 0. The summed E-state index contributed by atoms with van der Waals surface area (Å²) in [5.41, 5.74) is 0.373. The van der Waals surface area contributed by atoms with Gasteiger partial charge in [-0.25, -0.2) is 4.39 Å². The van der Waals surface area contributed by atoms with Crippen LogP contribution in [-0.2, 0) is 5.67 Å². The first-order valence-corrected chi connectivity index (χ1v) is 6.60. The number of benzene rings is 2. The van der Waals surface area contributed by atoms with E-state index in [2.05, 4.69) is 0 Å². The van der Waals surface area contributed by atoms with Crippen molar-refractivity contribution in [3.05, 3.63) is 65.2 Å². The molecule has 100 valence electrons. The Kier molecular flexibility index (Phi) is 4.11. The molecule has 2 aromatic carbocycles. The summed E-state index contributed by atoms with van der Waals surface area (Å²) in [7, 11) is 1.56. The van der Waals surface area contributed by atoms with Crippen LogP contribution in [0.3, 0.4) is 0 Å². The van der Waals surface area contributed by atoms with Gasteiger partial charge in [-0.15, -0.1) is 11.6 Å². The molecule has 0 aliphatic carbocycles. The van der Waals surface area contributed by atoms with Crippen LogP contribution in [0.15, 0.2) is 48.5 Å². The molecule has 3 heteroatoms.